The van der Waals surface area contributed by atoms with E-state index < -0.39 is 11.9 Å². The molecular weight excluding hydrogens is 407 g/mol. The van der Waals surface area contributed by atoms with Crippen molar-refractivity contribution in [3.63, 3.8) is 0 Å². The molecule has 1 fully saturated rings. The topological polar surface area (TPSA) is 61.4 Å². The zero-order chi connectivity index (χ0) is 21.8. The molecule has 0 aliphatic carbocycles. The standard InChI is InChI=1S/C22H24F3N5O/c1-13-17-8-26-4-3-16(17)18-11-30(12-19(18)28-13)21(31)6-14-9-29(10-14)15-2-5-27-20(7-15)22(23,24)25/h2,5,7,14,26H,3-4,6,8-12H2,1H3. The Labute approximate surface area is 178 Å². The number of hydrogen-bond donors (Lipinski definition) is 1. The number of alkyl halides is 3. The molecule has 164 valence electrons. The van der Waals surface area contributed by atoms with Gasteiger partial charge < -0.3 is 15.1 Å². The molecule has 2 aromatic rings. The van der Waals surface area contributed by atoms with Gasteiger partial charge in [-0.1, -0.05) is 0 Å². The van der Waals surface area contributed by atoms with Gasteiger partial charge in [0.1, 0.15) is 5.69 Å². The van der Waals surface area contributed by atoms with Crippen LogP contribution in [-0.2, 0) is 37.0 Å². The van der Waals surface area contributed by atoms with Crippen LogP contribution in [0, 0.1) is 12.8 Å². The monoisotopic (exact) mass is 431 g/mol. The summed E-state index contributed by atoms with van der Waals surface area (Å²) in [6.45, 7) is 6.12. The average Bonchev–Trinajstić information content (AvgIpc) is 3.14. The molecule has 0 aromatic carbocycles. The summed E-state index contributed by atoms with van der Waals surface area (Å²) in [6.07, 6.45) is -1.90. The fourth-order valence-corrected chi connectivity index (χ4v) is 4.85. The number of carbonyl (C=O) groups excluding carboxylic acids is 1. The van der Waals surface area contributed by atoms with E-state index in [1.54, 1.807) is 6.07 Å². The molecule has 0 bridgehead atoms. The van der Waals surface area contributed by atoms with Gasteiger partial charge in [-0.15, -0.1) is 0 Å². The fourth-order valence-electron chi connectivity index (χ4n) is 4.85. The van der Waals surface area contributed by atoms with E-state index in [1.165, 1.54) is 22.9 Å². The Morgan fingerprint density at radius 3 is 2.81 bits per heavy atom. The summed E-state index contributed by atoms with van der Waals surface area (Å²) in [5.41, 5.74) is 5.50. The minimum Gasteiger partial charge on any atom is -0.371 e. The first-order chi connectivity index (χ1) is 14.8. The van der Waals surface area contributed by atoms with Crippen LogP contribution in [0.1, 0.15) is 40.2 Å². The van der Waals surface area contributed by atoms with E-state index >= 15 is 0 Å². The van der Waals surface area contributed by atoms with Crippen molar-refractivity contribution in [1.82, 2.24) is 20.2 Å². The van der Waals surface area contributed by atoms with Crippen LogP contribution >= 0.6 is 0 Å². The molecule has 6 nitrogen and oxygen atoms in total. The third-order valence-electron chi connectivity index (χ3n) is 6.53. The number of nitrogens with zero attached hydrogens (tertiary/aromatic N) is 4. The Kier molecular flexibility index (Phi) is 4.88. The van der Waals surface area contributed by atoms with Gasteiger partial charge in [0.25, 0.3) is 0 Å². The molecular formula is C22H24F3N5O. The number of rotatable bonds is 3. The van der Waals surface area contributed by atoms with E-state index in [0.29, 0.717) is 38.3 Å². The highest BCUT2D eigenvalue weighted by Crippen LogP contribution is 2.34. The smallest absolute Gasteiger partial charge is 0.371 e. The molecule has 0 unspecified atom stereocenters. The maximum atomic E-state index is 12.9. The predicted molar refractivity (Wildman–Crippen MR) is 108 cm³/mol. The highest BCUT2D eigenvalue weighted by atomic mass is 19.4. The maximum absolute atomic E-state index is 12.9. The van der Waals surface area contributed by atoms with E-state index in [1.807, 2.05) is 16.7 Å². The lowest BCUT2D eigenvalue weighted by Gasteiger charge is -2.41. The SMILES string of the molecule is Cc1nc2c(c3c1CNCC3)CN(C(=O)CC1CN(c3ccnc(C(F)(F)F)c3)C1)C2. The van der Waals surface area contributed by atoms with E-state index in [2.05, 4.69) is 10.3 Å². The summed E-state index contributed by atoms with van der Waals surface area (Å²) in [7, 11) is 0. The van der Waals surface area contributed by atoms with Crippen LogP contribution < -0.4 is 10.2 Å². The van der Waals surface area contributed by atoms with Gasteiger partial charge in [-0.3, -0.25) is 14.8 Å². The third kappa shape index (κ3) is 3.75. The van der Waals surface area contributed by atoms with Crippen molar-refractivity contribution in [3.8, 4) is 0 Å². The van der Waals surface area contributed by atoms with Gasteiger partial charge in [-0.05, 0) is 48.7 Å². The van der Waals surface area contributed by atoms with Crippen molar-refractivity contribution < 1.29 is 18.0 Å². The second kappa shape index (κ2) is 7.47. The molecule has 31 heavy (non-hydrogen) atoms. The maximum Gasteiger partial charge on any atom is 0.433 e. The quantitative estimate of drug-likeness (QED) is 0.810. The number of hydrogen-bond acceptors (Lipinski definition) is 5. The summed E-state index contributed by atoms with van der Waals surface area (Å²) in [5, 5.41) is 3.39. The second-order valence-electron chi connectivity index (χ2n) is 8.63. The Hall–Kier alpha value is -2.68. The number of fused-ring (bicyclic) bond motifs is 3. The highest BCUT2D eigenvalue weighted by Gasteiger charge is 2.36. The molecule has 3 aliphatic heterocycles. The molecule has 5 rings (SSSR count). The molecule has 1 N–H and O–H groups in total. The van der Waals surface area contributed by atoms with Crippen molar-refractivity contribution in [2.75, 3.05) is 24.5 Å². The number of carbonyl (C=O) groups is 1. The molecule has 3 aliphatic rings. The van der Waals surface area contributed by atoms with Crippen molar-refractivity contribution >= 4 is 11.6 Å². The van der Waals surface area contributed by atoms with Gasteiger partial charge in [0, 0.05) is 56.1 Å². The van der Waals surface area contributed by atoms with Crippen LogP contribution in [-0.4, -0.2) is 40.4 Å². The molecule has 1 amide bonds. The molecule has 0 radical (unpaired) electrons. The van der Waals surface area contributed by atoms with E-state index in [4.69, 9.17) is 4.98 Å². The molecule has 9 heteroatoms. The lowest BCUT2D eigenvalue weighted by molar-refractivity contribution is -0.141. The fraction of sp³-hybridized carbons (Fsp3) is 0.500. The van der Waals surface area contributed by atoms with Crippen molar-refractivity contribution in [3.05, 3.63) is 52.1 Å². The number of halogens is 3. The predicted octanol–water partition coefficient (Wildman–Crippen LogP) is 2.82. The minimum absolute atomic E-state index is 0.0914. The highest BCUT2D eigenvalue weighted by molar-refractivity contribution is 5.78. The summed E-state index contributed by atoms with van der Waals surface area (Å²) < 4.78 is 38.6. The normalized spacial score (nSPS) is 18.6. The number of anilines is 1. The Bertz CT molecular complexity index is 1030. The zero-order valence-electron chi connectivity index (χ0n) is 17.3. The van der Waals surface area contributed by atoms with Crippen molar-refractivity contribution in [2.45, 2.75) is 45.6 Å². The number of amides is 1. The van der Waals surface area contributed by atoms with Crippen molar-refractivity contribution in [1.29, 1.82) is 0 Å². The first kappa shape index (κ1) is 20.2. The molecule has 5 heterocycles. The average molecular weight is 431 g/mol. The Morgan fingerprint density at radius 1 is 1.23 bits per heavy atom. The van der Waals surface area contributed by atoms with E-state index in [0.717, 1.165) is 37.0 Å². The number of nitrogens with one attached hydrogen (secondary N) is 1. The Balaban J connectivity index is 1.20. The van der Waals surface area contributed by atoms with Gasteiger partial charge in [0.2, 0.25) is 5.91 Å². The van der Waals surface area contributed by atoms with E-state index in [9.17, 15) is 18.0 Å². The van der Waals surface area contributed by atoms with Gasteiger partial charge in [0.15, 0.2) is 0 Å². The summed E-state index contributed by atoms with van der Waals surface area (Å²) in [6, 6.07) is 2.65. The lowest BCUT2D eigenvalue weighted by atomic mass is 9.94. The second-order valence-corrected chi connectivity index (χ2v) is 8.63. The van der Waals surface area contributed by atoms with Crippen LogP contribution in [0.2, 0.25) is 0 Å². The summed E-state index contributed by atoms with van der Waals surface area (Å²) in [5.74, 6) is 0.236. The van der Waals surface area contributed by atoms with Crippen molar-refractivity contribution in [2.24, 2.45) is 5.92 Å². The lowest BCUT2D eigenvalue weighted by Crippen LogP contribution is -2.48. The molecule has 0 saturated carbocycles. The van der Waals surface area contributed by atoms with Crippen LogP contribution in [0.15, 0.2) is 18.3 Å². The van der Waals surface area contributed by atoms with Gasteiger partial charge in [0.05, 0.1) is 12.2 Å². The number of aromatic nitrogens is 2. The molecule has 0 atom stereocenters. The van der Waals surface area contributed by atoms with Crippen LogP contribution in [0.5, 0.6) is 0 Å². The van der Waals surface area contributed by atoms with E-state index in [-0.39, 0.29) is 11.8 Å². The summed E-state index contributed by atoms with van der Waals surface area (Å²) >= 11 is 0. The number of pyridine rings is 2. The van der Waals surface area contributed by atoms with Gasteiger partial charge in [-0.25, -0.2) is 0 Å². The number of aryl methyl sites for hydroxylation is 1. The molecule has 0 spiro atoms. The minimum atomic E-state index is -4.46. The van der Waals surface area contributed by atoms with Gasteiger partial charge in [-0.2, -0.15) is 13.2 Å². The van der Waals surface area contributed by atoms with Gasteiger partial charge >= 0.3 is 6.18 Å². The largest absolute Gasteiger partial charge is 0.433 e. The molecule has 1 saturated heterocycles. The third-order valence-corrected chi connectivity index (χ3v) is 6.53. The van der Waals surface area contributed by atoms with Crippen LogP contribution in [0.3, 0.4) is 0 Å². The Morgan fingerprint density at radius 2 is 2.03 bits per heavy atom. The van der Waals surface area contributed by atoms with Crippen LogP contribution in [0.4, 0.5) is 18.9 Å². The molecule has 2 aromatic heterocycles. The summed E-state index contributed by atoms with van der Waals surface area (Å²) in [4.78, 5) is 24.8. The van der Waals surface area contributed by atoms with Crippen LogP contribution in [0.25, 0.3) is 0 Å². The zero-order valence-corrected chi connectivity index (χ0v) is 17.3. The first-order valence-corrected chi connectivity index (χ1v) is 10.6. The first-order valence-electron chi connectivity index (χ1n) is 10.6.